The largest absolute Gasteiger partial charge is 0.390 e. The molecule has 0 unspecified atom stereocenters. The molecule has 5 aliphatic carbocycles. The lowest BCUT2D eigenvalue weighted by molar-refractivity contribution is -0.275. The molecule has 0 aromatic carbocycles. The van der Waals surface area contributed by atoms with Gasteiger partial charge in [0.15, 0.2) is 0 Å². The molecule has 0 aromatic heterocycles. The Morgan fingerprint density at radius 1 is 0.548 bits per heavy atom. The number of hydrogen-bond donors (Lipinski definition) is 2. The van der Waals surface area contributed by atoms with Crippen LogP contribution in [0.1, 0.15) is 119 Å². The first kappa shape index (κ1) is 22.7. The van der Waals surface area contributed by atoms with Gasteiger partial charge in [-0.05, 0) is 122 Å². The van der Waals surface area contributed by atoms with E-state index >= 15 is 0 Å². The molecule has 0 radical (unpaired) electrons. The molecule has 5 fully saturated rings. The zero-order chi connectivity index (χ0) is 22.7. The fourth-order valence-corrected chi connectivity index (χ4v) is 11.8. The van der Waals surface area contributed by atoms with Gasteiger partial charge in [-0.3, -0.25) is 0 Å². The molecule has 5 saturated carbocycles. The summed E-state index contributed by atoms with van der Waals surface area (Å²) in [5.41, 5.74) is 0.985. The Kier molecular flexibility index (Phi) is 4.78. The van der Waals surface area contributed by atoms with E-state index in [1.165, 1.54) is 51.4 Å². The molecule has 0 aliphatic heterocycles. The minimum Gasteiger partial charge on any atom is -0.390 e. The van der Waals surface area contributed by atoms with Crippen LogP contribution in [-0.2, 0) is 0 Å². The highest BCUT2D eigenvalue weighted by molar-refractivity contribution is 5.20. The van der Waals surface area contributed by atoms with Crippen molar-refractivity contribution in [2.45, 2.75) is 131 Å². The maximum atomic E-state index is 11.4. The van der Waals surface area contributed by atoms with E-state index in [4.69, 9.17) is 0 Å². The second-order valence-corrected chi connectivity index (χ2v) is 14.8. The zero-order valence-corrected chi connectivity index (χ0v) is 21.6. The lowest BCUT2D eigenvalue weighted by Gasteiger charge is -2.74. The SMILES string of the molecule is CC1(C)CCC[C@@]2(C)[C@@H]1CC[C@]1(C)[C@@H]2CC[C@@H]2[C@@]3(C)CC[C@@H](O)[C@@](C)(O)[C@@H]3CC[C@]21C. The quantitative estimate of drug-likeness (QED) is 0.435. The summed E-state index contributed by atoms with van der Waals surface area (Å²) in [7, 11) is 0. The van der Waals surface area contributed by atoms with Crippen molar-refractivity contribution in [3.05, 3.63) is 0 Å². The van der Waals surface area contributed by atoms with Crippen molar-refractivity contribution >= 4 is 0 Å². The third-order valence-corrected chi connectivity index (χ3v) is 13.5. The van der Waals surface area contributed by atoms with Crippen LogP contribution in [0.4, 0.5) is 0 Å². The molecule has 0 bridgehead atoms. The summed E-state index contributed by atoms with van der Waals surface area (Å²) in [5.74, 6) is 2.64. The monoisotopic (exact) mass is 430 g/mol. The van der Waals surface area contributed by atoms with Crippen LogP contribution in [0.25, 0.3) is 0 Å². The van der Waals surface area contributed by atoms with Crippen molar-refractivity contribution < 1.29 is 10.2 Å². The normalized spacial score (nSPS) is 60.9. The lowest BCUT2D eigenvalue weighted by atomic mass is 9.31. The van der Waals surface area contributed by atoms with E-state index in [2.05, 4.69) is 41.5 Å². The van der Waals surface area contributed by atoms with Crippen LogP contribution in [-0.4, -0.2) is 21.9 Å². The Hall–Kier alpha value is -0.0800. The van der Waals surface area contributed by atoms with Crippen LogP contribution in [0.3, 0.4) is 0 Å². The summed E-state index contributed by atoms with van der Waals surface area (Å²) in [4.78, 5) is 0. The van der Waals surface area contributed by atoms with Crippen molar-refractivity contribution in [2.24, 2.45) is 50.7 Å². The van der Waals surface area contributed by atoms with Gasteiger partial charge in [0.1, 0.15) is 0 Å². The summed E-state index contributed by atoms with van der Waals surface area (Å²) in [6.45, 7) is 17.6. The van der Waals surface area contributed by atoms with E-state index in [1.807, 2.05) is 6.92 Å². The molecule has 2 N–H and O–H groups in total. The van der Waals surface area contributed by atoms with Gasteiger partial charge in [0.25, 0.3) is 0 Å². The molecule has 10 atom stereocenters. The minimum absolute atomic E-state index is 0.160. The Morgan fingerprint density at radius 2 is 1.06 bits per heavy atom. The average molecular weight is 431 g/mol. The highest BCUT2D eigenvalue weighted by Crippen LogP contribution is 2.77. The first-order chi connectivity index (χ1) is 14.2. The molecule has 0 spiro atoms. The third kappa shape index (κ3) is 2.64. The molecule has 5 aliphatic rings. The first-order valence-electron chi connectivity index (χ1n) is 13.6. The van der Waals surface area contributed by atoms with E-state index in [-0.39, 0.29) is 11.3 Å². The van der Waals surface area contributed by atoms with Gasteiger partial charge in [-0.15, -0.1) is 0 Å². The highest BCUT2D eigenvalue weighted by Gasteiger charge is 2.71. The standard InChI is InChI=1S/C29H50O2/c1-24(2)14-8-15-25(3)19(24)11-17-27(5)20(25)9-10-21-26(4)16-13-23(30)29(7,31)22(26)12-18-28(21,27)6/h19-23,30-31H,8-18H2,1-7H3/t19-,20-,21-,22-,23-,25+,26-,27-,28-,29+/m1/s1. The van der Waals surface area contributed by atoms with Crippen LogP contribution in [0.15, 0.2) is 0 Å². The first-order valence-corrected chi connectivity index (χ1v) is 13.6. The summed E-state index contributed by atoms with van der Waals surface area (Å²) >= 11 is 0. The van der Waals surface area contributed by atoms with Crippen molar-refractivity contribution in [1.82, 2.24) is 0 Å². The molecular weight excluding hydrogens is 380 g/mol. The van der Waals surface area contributed by atoms with E-state index in [1.54, 1.807) is 0 Å². The van der Waals surface area contributed by atoms with Gasteiger partial charge < -0.3 is 10.2 Å². The lowest BCUT2D eigenvalue weighted by Crippen LogP contribution is -2.69. The Morgan fingerprint density at radius 3 is 1.65 bits per heavy atom. The Labute approximate surface area is 192 Å². The second kappa shape index (κ2) is 6.53. The van der Waals surface area contributed by atoms with Crippen LogP contribution < -0.4 is 0 Å². The van der Waals surface area contributed by atoms with E-state index in [0.29, 0.717) is 27.6 Å². The number of aliphatic hydroxyl groups is 2. The predicted octanol–water partition coefficient (Wildman–Crippen LogP) is 6.97. The maximum Gasteiger partial charge on any atom is 0.0910 e. The fraction of sp³-hybridized carbons (Fsp3) is 1.00. The highest BCUT2D eigenvalue weighted by atomic mass is 16.3. The molecule has 0 amide bonds. The average Bonchev–Trinajstić information content (AvgIpc) is 2.65. The molecule has 178 valence electrons. The summed E-state index contributed by atoms with van der Waals surface area (Å²) in [6.07, 6.45) is 13.4. The Bertz CT molecular complexity index is 741. The molecule has 2 heteroatoms. The van der Waals surface area contributed by atoms with Crippen molar-refractivity contribution in [2.75, 3.05) is 0 Å². The van der Waals surface area contributed by atoms with E-state index < -0.39 is 11.7 Å². The van der Waals surface area contributed by atoms with Gasteiger partial charge in [0, 0.05) is 0 Å². The van der Waals surface area contributed by atoms with Crippen LogP contribution >= 0.6 is 0 Å². The summed E-state index contributed by atoms with van der Waals surface area (Å²) < 4.78 is 0. The van der Waals surface area contributed by atoms with Gasteiger partial charge >= 0.3 is 0 Å². The van der Waals surface area contributed by atoms with Crippen molar-refractivity contribution in [1.29, 1.82) is 0 Å². The van der Waals surface area contributed by atoms with Gasteiger partial charge in [-0.1, -0.05) is 48.0 Å². The summed E-state index contributed by atoms with van der Waals surface area (Å²) in [5, 5.41) is 22.0. The zero-order valence-electron chi connectivity index (χ0n) is 21.6. The van der Waals surface area contributed by atoms with Crippen LogP contribution in [0.2, 0.25) is 0 Å². The number of aliphatic hydroxyl groups excluding tert-OH is 1. The van der Waals surface area contributed by atoms with Gasteiger partial charge in [0.2, 0.25) is 0 Å². The molecule has 5 rings (SSSR count). The minimum atomic E-state index is -0.927. The van der Waals surface area contributed by atoms with Crippen molar-refractivity contribution in [3.63, 3.8) is 0 Å². The van der Waals surface area contributed by atoms with E-state index in [0.717, 1.165) is 31.1 Å². The van der Waals surface area contributed by atoms with Crippen LogP contribution in [0.5, 0.6) is 0 Å². The van der Waals surface area contributed by atoms with Gasteiger partial charge in [-0.25, -0.2) is 0 Å². The Balaban J connectivity index is 1.54. The molecule has 2 nitrogen and oxygen atoms in total. The van der Waals surface area contributed by atoms with Crippen LogP contribution in [0, 0.1) is 50.7 Å². The topological polar surface area (TPSA) is 40.5 Å². The maximum absolute atomic E-state index is 11.4. The summed E-state index contributed by atoms with van der Waals surface area (Å²) in [6, 6.07) is 0. The second-order valence-electron chi connectivity index (χ2n) is 14.8. The predicted molar refractivity (Wildman–Crippen MR) is 128 cm³/mol. The molecule has 31 heavy (non-hydrogen) atoms. The molecule has 0 heterocycles. The number of rotatable bonds is 0. The third-order valence-electron chi connectivity index (χ3n) is 13.5. The number of fused-ring (bicyclic) bond motifs is 7. The smallest absolute Gasteiger partial charge is 0.0910 e. The fourth-order valence-electron chi connectivity index (χ4n) is 11.8. The van der Waals surface area contributed by atoms with Gasteiger partial charge in [0.05, 0.1) is 11.7 Å². The molecular formula is C29H50O2. The number of hydrogen-bond acceptors (Lipinski definition) is 2. The van der Waals surface area contributed by atoms with Crippen molar-refractivity contribution in [3.8, 4) is 0 Å². The van der Waals surface area contributed by atoms with E-state index in [9.17, 15) is 10.2 Å². The molecule has 0 aromatic rings. The van der Waals surface area contributed by atoms with Gasteiger partial charge in [-0.2, -0.15) is 0 Å². The molecule has 0 saturated heterocycles.